The van der Waals surface area contributed by atoms with Crippen molar-refractivity contribution in [2.45, 2.75) is 19.4 Å². The molecule has 0 bridgehead atoms. The number of piperazine rings is 1. The minimum atomic E-state index is -0.641. The molecule has 1 aliphatic rings. The van der Waals surface area contributed by atoms with Crippen molar-refractivity contribution in [2.75, 3.05) is 12.3 Å². The molecule has 2 rings (SSSR count). The molecule has 1 unspecified atom stereocenters. The Morgan fingerprint density at radius 2 is 2.39 bits per heavy atom. The fourth-order valence-electron chi connectivity index (χ4n) is 1.82. The maximum Gasteiger partial charge on any atom is 0.274 e. The van der Waals surface area contributed by atoms with Gasteiger partial charge >= 0.3 is 0 Å². The van der Waals surface area contributed by atoms with Crippen molar-refractivity contribution < 1.29 is 14.4 Å². The van der Waals surface area contributed by atoms with Crippen LogP contribution in [0.15, 0.2) is 5.38 Å². The van der Waals surface area contributed by atoms with E-state index in [0.29, 0.717) is 6.42 Å². The highest BCUT2D eigenvalue weighted by atomic mass is 32.1. The lowest BCUT2D eigenvalue weighted by Gasteiger charge is -2.32. The number of carbonyl (C=O) groups excluding carboxylic acids is 3. The number of hydrogen-bond acceptors (Lipinski definition) is 6. The van der Waals surface area contributed by atoms with Gasteiger partial charge in [-0.25, -0.2) is 4.98 Å². The van der Waals surface area contributed by atoms with E-state index in [0.717, 1.165) is 11.3 Å². The summed E-state index contributed by atoms with van der Waals surface area (Å²) in [7, 11) is 0. The number of rotatable bonds is 2. The molecule has 0 aliphatic carbocycles. The summed E-state index contributed by atoms with van der Waals surface area (Å²) in [6, 6.07) is -0.641. The largest absolute Gasteiger partial charge is 0.375 e. The number of carbonyl (C=O) groups is 3. The Bertz CT molecular complexity index is 513. The predicted octanol–water partition coefficient (Wildman–Crippen LogP) is -0.397. The average Bonchev–Trinajstić information content (AvgIpc) is 2.74. The first-order chi connectivity index (χ1) is 8.52. The molecule has 1 fully saturated rings. The van der Waals surface area contributed by atoms with Crippen LogP contribution in [0, 0.1) is 0 Å². The predicted molar refractivity (Wildman–Crippen MR) is 64.8 cm³/mol. The summed E-state index contributed by atoms with van der Waals surface area (Å²) in [5, 5.41) is 4.00. The number of anilines is 1. The van der Waals surface area contributed by atoms with E-state index in [1.54, 1.807) is 6.92 Å². The first-order valence-corrected chi connectivity index (χ1v) is 6.26. The highest BCUT2D eigenvalue weighted by molar-refractivity contribution is 7.13. The van der Waals surface area contributed by atoms with Crippen LogP contribution in [0.25, 0.3) is 0 Å². The monoisotopic (exact) mass is 268 g/mol. The van der Waals surface area contributed by atoms with Gasteiger partial charge in [0.2, 0.25) is 11.8 Å². The van der Waals surface area contributed by atoms with E-state index in [2.05, 4.69) is 10.3 Å². The van der Waals surface area contributed by atoms with Crippen LogP contribution in [0.3, 0.4) is 0 Å². The van der Waals surface area contributed by atoms with Gasteiger partial charge in [0.15, 0.2) is 5.13 Å². The third-order valence-corrected chi connectivity index (χ3v) is 3.32. The molecule has 0 radical (unpaired) electrons. The Balaban J connectivity index is 2.26. The second-order valence-electron chi connectivity index (χ2n) is 3.84. The Hall–Kier alpha value is -1.96. The van der Waals surface area contributed by atoms with Crippen molar-refractivity contribution in [1.82, 2.24) is 15.2 Å². The number of nitrogens with zero attached hydrogens (tertiary/aromatic N) is 2. The van der Waals surface area contributed by atoms with Crippen molar-refractivity contribution in [1.29, 1.82) is 0 Å². The minimum Gasteiger partial charge on any atom is -0.375 e. The van der Waals surface area contributed by atoms with Gasteiger partial charge in [0, 0.05) is 5.38 Å². The van der Waals surface area contributed by atoms with E-state index in [1.807, 2.05) is 0 Å². The molecule has 1 atom stereocenters. The molecule has 3 N–H and O–H groups in total. The van der Waals surface area contributed by atoms with Gasteiger partial charge in [-0.15, -0.1) is 11.3 Å². The maximum atomic E-state index is 12.2. The Labute approximate surface area is 107 Å². The molecule has 7 nitrogen and oxygen atoms in total. The quantitative estimate of drug-likeness (QED) is 0.710. The van der Waals surface area contributed by atoms with Crippen LogP contribution in [0.2, 0.25) is 0 Å². The van der Waals surface area contributed by atoms with Crippen molar-refractivity contribution >= 4 is 34.2 Å². The van der Waals surface area contributed by atoms with Crippen LogP contribution in [0.5, 0.6) is 0 Å². The van der Waals surface area contributed by atoms with E-state index >= 15 is 0 Å². The molecular weight excluding hydrogens is 256 g/mol. The summed E-state index contributed by atoms with van der Waals surface area (Å²) in [4.78, 5) is 40.2. The zero-order valence-electron chi connectivity index (χ0n) is 9.67. The molecule has 0 saturated carbocycles. The van der Waals surface area contributed by atoms with Gasteiger partial charge in [0.05, 0.1) is 0 Å². The first-order valence-electron chi connectivity index (χ1n) is 5.38. The van der Waals surface area contributed by atoms with E-state index in [4.69, 9.17) is 5.73 Å². The normalized spacial score (nSPS) is 19.8. The maximum absolute atomic E-state index is 12.2. The van der Waals surface area contributed by atoms with Crippen molar-refractivity contribution in [2.24, 2.45) is 0 Å². The summed E-state index contributed by atoms with van der Waals surface area (Å²) in [5.41, 5.74) is 5.62. The summed E-state index contributed by atoms with van der Waals surface area (Å²) in [6.45, 7) is 1.64. The van der Waals surface area contributed by atoms with Gasteiger partial charge in [0.1, 0.15) is 18.3 Å². The summed E-state index contributed by atoms with van der Waals surface area (Å²) >= 11 is 1.14. The highest BCUT2D eigenvalue weighted by Gasteiger charge is 2.36. The summed E-state index contributed by atoms with van der Waals surface area (Å²) < 4.78 is 0. The van der Waals surface area contributed by atoms with Gasteiger partial charge in [-0.05, 0) is 6.42 Å². The van der Waals surface area contributed by atoms with Crippen LogP contribution in [0.1, 0.15) is 23.8 Å². The van der Waals surface area contributed by atoms with Gasteiger partial charge < -0.3 is 10.6 Å². The standard InChI is InChI=1S/C10H12N4O3S/c1-2-6-8(16)13-7(15)3-14(6)9(17)5-4-18-10(11)12-5/h4,6H,2-3H2,1H3,(H2,11,12)(H,13,15,16). The Morgan fingerprint density at radius 1 is 1.67 bits per heavy atom. The lowest BCUT2D eigenvalue weighted by Crippen LogP contribution is -2.59. The Morgan fingerprint density at radius 3 is 2.94 bits per heavy atom. The van der Waals surface area contributed by atoms with Gasteiger partial charge in [-0.2, -0.15) is 0 Å². The fourth-order valence-corrected chi connectivity index (χ4v) is 2.36. The summed E-state index contributed by atoms with van der Waals surface area (Å²) in [5.74, 6) is -1.38. The zero-order chi connectivity index (χ0) is 13.3. The number of hydrogen-bond donors (Lipinski definition) is 2. The number of amides is 3. The molecule has 1 aliphatic heterocycles. The molecule has 1 aromatic heterocycles. The molecule has 0 spiro atoms. The lowest BCUT2D eigenvalue weighted by molar-refractivity contribution is -0.138. The molecule has 8 heteroatoms. The second-order valence-corrected chi connectivity index (χ2v) is 4.73. The van der Waals surface area contributed by atoms with Crippen molar-refractivity contribution in [3.63, 3.8) is 0 Å². The molecule has 1 saturated heterocycles. The topological polar surface area (TPSA) is 105 Å². The minimum absolute atomic E-state index is 0.138. The van der Waals surface area contributed by atoms with Crippen LogP contribution in [-0.4, -0.2) is 40.2 Å². The second kappa shape index (κ2) is 4.73. The molecular formula is C10H12N4O3S. The van der Waals surface area contributed by atoms with E-state index in [9.17, 15) is 14.4 Å². The van der Waals surface area contributed by atoms with Crippen molar-refractivity contribution in [3.8, 4) is 0 Å². The van der Waals surface area contributed by atoms with E-state index in [-0.39, 0.29) is 17.4 Å². The number of nitrogens with one attached hydrogen (secondary N) is 1. The smallest absolute Gasteiger partial charge is 0.274 e. The average molecular weight is 268 g/mol. The number of aromatic nitrogens is 1. The van der Waals surface area contributed by atoms with Gasteiger partial charge in [-0.1, -0.05) is 6.92 Å². The SMILES string of the molecule is CCC1C(=O)NC(=O)CN1C(=O)c1csc(N)n1. The lowest BCUT2D eigenvalue weighted by atomic mass is 10.1. The van der Waals surface area contributed by atoms with Crippen LogP contribution < -0.4 is 11.1 Å². The first kappa shape index (κ1) is 12.5. The third kappa shape index (κ3) is 2.19. The number of thiazole rings is 1. The van der Waals surface area contributed by atoms with E-state index in [1.165, 1.54) is 10.3 Å². The van der Waals surface area contributed by atoms with Crippen LogP contribution in [0.4, 0.5) is 5.13 Å². The molecule has 1 aromatic rings. The number of nitrogens with two attached hydrogens (primary N) is 1. The fraction of sp³-hybridized carbons (Fsp3) is 0.400. The molecule has 18 heavy (non-hydrogen) atoms. The summed E-state index contributed by atoms with van der Waals surface area (Å²) in [6.07, 6.45) is 0.435. The highest BCUT2D eigenvalue weighted by Crippen LogP contribution is 2.17. The Kier molecular flexibility index (Phi) is 3.28. The van der Waals surface area contributed by atoms with Gasteiger partial charge in [0.25, 0.3) is 5.91 Å². The molecule has 96 valence electrons. The van der Waals surface area contributed by atoms with E-state index < -0.39 is 23.8 Å². The van der Waals surface area contributed by atoms with Crippen molar-refractivity contribution in [3.05, 3.63) is 11.1 Å². The number of imide groups is 1. The van der Waals surface area contributed by atoms with Crippen LogP contribution >= 0.6 is 11.3 Å². The molecule has 2 heterocycles. The number of nitrogen functional groups attached to an aromatic ring is 1. The zero-order valence-corrected chi connectivity index (χ0v) is 10.5. The van der Waals surface area contributed by atoms with Crippen LogP contribution in [-0.2, 0) is 9.59 Å². The third-order valence-electron chi connectivity index (χ3n) is 2.64. The van der Waals surface area contributed by atoms with Gasteiger partial charge in [-0.3, -0.25) is 19.7 Å². The molecule has 3 amide bonds. The molecule has 0 aromatic carbocycles.